The number of nitrogens with zero attached hydrogens (tertiary/aromatic N) is 2. The summed E-state index contributed by atoms with van der Waals surface area (Å²) in [6, 6.07) is 1.56. The molecule has 1 rings (SSSR count). The van der Waals surface area contributed by atoms with Crippen LogP contribution in [0.15, 0.2) is 6.07 Å². The Balaban J connectivity index is 2.45. The van der Waals surface area contributed by atoms with Crippen LogP contribution >= 0.6 is 0 Å². The molecule has 0 aliphatic heterocycles. The smallest absolute Gasteiger partial charge is 0.320 e. The van der Waals surface area contributed by atoms with Crippen molar-refractivity contribution in [3.05, 3.63) is 11.8 Å². The number of aryl methyl sites for hydroxylation is 2. The van der Waals surface area contributed by atoms with Crippen molar-refractivity contribution in [2.24, 2.45) is 7.05 Å². The largest absolute Gasteiger partial charge is 0.396 e. The Kier molecular flexibility index (Phi) is 4.78. The van der Waals surface area contributed by atoms with E-state index in [1.807, 2.05) is 13.0 Å². The van der Waals surface area contributed by atoms with E-state index in [1.165, 1.54) is 0 Å². The lowest BCUT2D eigenvalue weighted by atomic mass is 10.3. The zero-order valence-corrected chi connectivity index (χ0v) is 9.66. The lowest BCUT2D eigenvalue weighted by molar-refractivity contribution is 0.248. The average Bonchev–Trinajstić information content (AvgIpc) is 2.60. The number of aromatic nitrogens is 2. The van der Waals surface area contributed by atoms with Gasteiger partial charge in [-0.2, -0.15) is 5.10 Å². The van der Waals surface area contributed by atoms with Crippen molar-refractivity contribution in [3.63, 3.8) is 0 Å². The highest BCUT2D eigenvalue weighted by atomic mass is 16.3. The first-order chi connectivity index (χ1) is 7.67. The molecule has 16 heavy (non-hydrogen) atoms. The molecular weight excluding hydrogens is 208 g/mol. The number of aliphatic hydroxyl groups is 1. The Bertz CT molecular complexity index is 349. The number of carbonyl (C=O) groups is 1. The third-order valence-electron chi connectivity index (χ3n) is 2.15. The summed E-state index contributed by atoms with van der Waals surface area (Å²) in [5.74, 6) is 0.665. The van der Waals surface area contributed by atoms with Crippen molar-refractivity contribution in [2.75, 3.05) is 18.5 Å². The van der Waals surface area contributed by atoms with Crippen LogP contribution < -0.4 is 10.6 Å². The maximum atomic E-state index is 11.4. The standard InChI is InChI=1S/C10H18N4O2/c1-3-8-7-9(14(2)13-8)12-10(16)11-5-4-6-15/h7,15H,3-6H2,1-2H3,(H2,11,12,16). The molecule has 0 saturated heterocycles. The number of hydrogen-bond donors (Lipinski definition) is 3. The molecule has 6 heteroatoms. The molecule has 3 N–H and O–H groups in total. The topological polar surface area (TPSA) is 79.2 Å². The molecular formula is C10H18N4O2. The molecule has 1 aromatic heterocycles. The van der Waals surface area contributed by atoms with Gasteiger partial charge in [0, 0.05) is 26.3 Å². The summed E-state index contributed by atoms with van der Waals surface area (Å²) in [6.45, 7) is 2.54. The molecule has 0 bridgehead atoms. The first kappa shape index (κ1) is 12.5. The van der Waals surface area contributed by atoms with Gasteiger partial charge >= 0.3 is 6.03 Å². The first-order valence-electron chi connectivity index (χ1n) is 5.36. The van der Waals surface area contributed by atoms with Gasteiger partial charge in [0.05, 0.1) is 5.69 Å². The molecule has 0 fully saturated rings. The SMILES string of the molecule is CCc1cc(NC(=O)NCCCO)n(C)n1. The predicted octanol–water partition coefficient (Wildman–Crippen LogP) is 0.486. The highest BCUT2D eigenvalue weighted by molar-refractivity contribution is 5.88. The van der Waals surface area contributed by atoms with Crippen molar-refractivity contribution >= 4 is 11.8 Å². The summed E-state index contributed by atoms with van der Waals surface area (Å²) in [7, 11) is 1.78. The molecule has 0 unspecified atom stereocenters. The minimum Gasteiger partial charge on any atom is -0.396 e. The molecule has 0 saturated carbocycles. The van der Waals surface area contributed by atoms with Gasteiger partial charge in [0.25, 0.3) is 0 Å². The van der Waals surface area contributed by atoms with E-state index in [9.17, 15) is 4.79 Å². The summed E-state index contributed by atoms with van der Waals surface area (Å²) in [6.07, 6.45) is 1.39. The Morgan fingerprint density at radius 1 is 1.62 bits per heavy atom. The fourth-order valence-electron chi connectivity index (χ4n) is 1.26. The molecule has 0 spiro atoms. The fourth-order valence-corrected chi connectivity index (χ4v) is 1.26. The van der Waals surface area contributed by atoms with Gasteiger partial charge in [-0.3, -0.25) is 10.00 Å². The van der Waals surface area contributed by atoms with Crippen LogP contribution in [0.25, 0.3) is 0 Å². The molecule has 0 atom stereocenters. The van der Waals surface area contributed by atoms with E-state index < -0.39 is 0 Å². The van der Waals surface area contributed by atoms with Crippen LogP contribution in [0.4, 0.5) is 10.6 Å². The quantitative estimate of drug-likeness (QED) is 0.639. The van der Waals surface area contributed by atoms with Crippen LogP contribution in [0.2, 0.25) is 0 Å². The lowest BCUT2D eigenvalue weighted by Crippen LogP contribution is -2.30. The summed E-state index contributed by atoms with van der Waals surface area (Å²) >= 11 is 0. The second-order valence-corrected chi connectivity index (χ2v) is 3.46. The lowest BCUT2D eigenvalue weighted by Gasteiger charge is -2.06. The van der Waals surface area contributed by atoms with Gasteiger partial charge < -0.3 is 10.4 Å². The maximum Gasteiger partial charge on any atom is 0.320 e. The van der Waals surface area contributed by atoms with Gasteiger partial charge in [0.2, 0.25) is 0 Å². The summed E-state index contributed by atoms with van der Waals surface area (Å²) < 4.78 is 1.63. The van der Waals surface area contributed by atoms with Crippen LogP contribution in [-0.4, -0.2) is 34.1 Å². The van der Waals surface area contributed by atoms with E-state index in [4.69, 9.17) is 5.11 Å². The van der Waals surface area contributed by atoms with Crippen LogP contribution in [0.3, 0.4) is 0 Å². The number of aliphatic hydroxyl groups excluding tert-OH is 1. The first-order valence-corrected chi connectivity index (χ1v) is 5.36. The molecule has 0 aromatic carbocycles. The molecule has 0 aliphatic rings. The number of carbonyl (C=O) groups excluding carboxylic acids is 1. The Morgan fingerprint density at radius 3 is 2.94 bits per heavy atom. The molecule has 2 amide bonds. The molecule has 0 aliphatic carbocycles. The number of amides is 2. The van der Waals surface area contributed by atoms with Crippen LogP contribution in [0.5, 0.6) is 0 Å². The molecule has 90 valence electrons. The van der Waals surface area contributed by atoms with E-state index in [0.29, 0.717) is 18.8 Å². The van der Waals surface area contributed by atoms with E-state index in [0.717, 1.165) is 12.1 Å². The Morgan fingerprint density at radius 2 is 2.38 bits per heavy atom. The minimum atomic E-state index is -0.279. The molecule has 1 aromatic rings. The van der Waals surface area contributed by atoms with Gasteiger partial charge in [-0.1, -0.05) is 6.92 Å². The van der Waals surface area contributed by atoms with E-state index in [-0.39, 0.29) is 12.6 Å². The van der Waals surface area contributed by atoms with Crippen LogP contribution in [0, 0.1) is 0 Å². The van der Waals surface area contributed by atoms with Gasteiger partial charge in [-0.15, -0.1) is 0 Å². The highest BCUT2D eigenvalue weighted by Crippen LogP contribution is 2.08. The third kappa shape index (κ3) is 3.54. The van der Waals surface area contributed by atoms with Crippen molar-refractivity contribution < 1.29 is 9.90 Å². The molecule has 0 radical (unpaired) electrons. The second kappa shape index (κ2) is 6.12. The number of nitrogens with one attached hydrogen (secondary N) is 2. The highest BCUT2D eigenvalue weighted by Gasteiger charge is 2.06. The Labute approximate surface area is 94.6 Å². The zero-order chi connectivity index (χ0) is 12.0. The Hall–Kier alpha value is -1.56. The van der Waals surface area contributed by atoms with Crippen LogP contribution in [-0.2, 0) is 13.5 Å². The number of urea groups is 1. The number of anilines is 1. The average molecular weight is 226 g/mol. The second-order valence-electron chi connectivity index (χ2n) is 3.46. The van der Waals surface area contributed by atoms with Crippen molar-refractivity contribution in [1.82, 2.24) is 15.1 Å². The van der Waals surface area contributed by atoms with Gasteiger partial charge in [0.15, 0.2) is 0 Å². The number of rotatable bonds is 5. The molecule has 1 heterocycles. The van der Waals surface area contributed by atoms with Gasteiger partial charge in [0.1, 0.15) is 5.82 Å². The summed E-state index contributed by atoms with van der Waals surface area (Å²) in [5, 5.41) is 18.1. The summed E-state index contributed by atoms with van der Waals surface area (Å²) in [5.41, 5.74) is 0.938. The van der Waals surface area contributed by atoms with E-state index >= 15 is 0 Å². The van der Waals surface area contributed by atoms with Gasteiger partial charge in [-0.25, -0.2) is 4.79 Å². The monoisotopic (exact) mass is 226 g/mol. The van der Waals surface area contributed by atoms with E-state index in [1.54, 1.807) is 11.7 Å². The normalized spacial score (nSPS) is 10.2. The van der Waals surface area contributed by atoms with Crippen LogP contribution in [0.1, 0.15) is 19.0 Å². The minimum absolute atomic E-state index is 0.0754. The van der Waals surface area contributed by atoms with E-state index in [2.05, 4.69) is 15.7 Å². The van der Waals surface area contributed by atoms with Crippen molar-refractivity contribution in [3.8, 4) is 0 Å². The number of hydrogen-bond acceptors (Lipinski definition) is 3. The predicted molar refractivity (Wildman–Crippen MR) is 61.3 cm³/mol. The fraction of sp³-hybridized carbons (Fsp3) is 0.600. The van der Waals surface area contributed by atoms with Crippen molar-refractivity contribution in [1.29, 1.82) is 0 Å². The summed E-state index contributed by atoms with van der Waals surface area (Å²) in [4.78, 5) is 11.4. The zero-order valence-electron chi connectivity index (χ0n) is 9.66. The van der Waals surface area contributed by atoms with Gasteiger partial charge in [-0.05, 0) is 12.8 Å². The molecule has 6 nitrogen and oxygen atoms in total. The third-order valence-corrected chi connectivity index (χ3v) is 2.15. The van der Waals surface area contributed by atoms with Crippen molar-refractivity contribution in [2.45, 2.75) is 19.8 Å². The maximum absolute atomic E-state index is 11.4.